The summed E-state index contributed by atoms with van der Waals surface area (Å²) in [4.78, 5) is 12.7. The molecule has 1 unspecified atom stereocenters. The number of nitrogens with one attached hydrogen (secondary N) is 2. The molecule has 4 nitrogen and oxygen atoms in total. The Morgan fingerprint density at radius 3 is 2.38 bits per heavy atom. The van der Waals surface area contributed by atoms with Crippen LogP contribution in [-0.2, 0) is 0 Å². The SMILES string of the molecule is CN1C(=O)NC(=N)C1CC(C)(C)C. The molecule has 1 heterocycles. The summed E-state index contributed by atoms with van der Waals surface area (Å²) in [5, 5.41) is 10.1. The van der Waals surface area contributed by atoms with Crippen molar-refractivity contribution in [1.29, 1.82) is 5.41 Å². The predicted octanol–water partition coefficient (Wildman–Crippen LogP) is 1.42. The minimum Gasteiger partial charge on any atom is -0.317 e. The smallest absolute Gasteiger partial charge is 0.317 e. The minimum atomic E-state index is -0.167. The average Bonchev–Trinajstić information content (AvgIpc) is 2.14. The summed E-state index contributed by atoms with van der Waals surface area (Å²) in [6, 6.07) is -0.244. The van der Waals surface area contributed by atoms with E-state index >= 15 is 0 Å². The van der Waals surface area contributed by atoms with Gasteiger partial charge in [0, 0.05) is 7.05 Å². The number of amidine groups is 1. The van der Waals surface area contributed by atoms with Gasteiger partial charge in [0.15, 0.2) is 0 Å². The van der Waals surface area contributed by atoms with E-state index in [-0.39, 0.29) is 17.5 Å². The van der Waals surface area contributed by atoms with Crippen LogP contribution in [0.4, 0.5) is 4.79 Å². The van der Waals surface area contributed by atoms with Gasteiger partial charge in [-0.2, -0.15) is 0 Å². The molecule has 2 amide bonds. The monoisotopic (exact) mass is 183 g/mol. The second-order valence-corrected chi connectivity index (χ2v) is 4.74. The Kier molecular flexibility index (Phi) is 2.32. The van der Waals surface area contributed by atoms with Gasteiger partial charge in [0.1, 0.15) is 5.84 Å². The van der Waals surface area contributed by atoms with E-state index in [0.29, 0.717) is 5.84 Å². The van der Waals surface area contributed by atoms with E-state index in [1.54, 1.807) is 11.9 Å². The van der Waals surface area contributed by atoms with Gasteiger partial charge in [-0.25, -0.2) is 4.79 Å². The number of carbonyl (C=O) groups is 1. The number of hydrogen-bond acceptors (Lipinski definition) is 2. The lowest BCUT2D eigenvalue weighted by atomic mass is 9.87. The van der Waals surface area contributed by atoms with E-state index in [9.17, 15) is 4.79 Å². The zero-order valence-electron chi connectivity index (χ0n) is 8.64. The second kappa shape index (κ2) is 3.01. The molecule has 0 bridgehead atoms. The van der Waals surface area contributed by atoms with E-state index < -0.39 is 0 Å². The lowest BCUT2D eigenvalue weighted by Gasteiger charge is -2.26. The molecule has 0 saturated carbocycles. The van der Waals surface area contributed by atoms with Crippen LogP contribution < -0.4 is 5.32 Å². The Balaban J connectivity index is 2.70. The summed E-state index contributed by atoms with van der Waals surface area (Å²) in [5.74, 6) is 0.322. The molecule has 1 aliphatic rings. The van der Waals surface area contributed by atoms with Crippen LogP contribution in [0.2, 0.25) is 0 Å². The average molecular weight is 183 g/mol. The Labute approximate surface area is 78.8 Å². The number of urea groups is 1. The molecular weight excluding hydrogens is 166 g/mol. The number of likely N-dealkylation sites (N-methyl/N-ethyl adjacent to an activating group) is 1. The minimum absolute atomic E-state index is 0.0764. The zero-order chi connectivity index (χ0) is 10.2. The fourth-order valence-corrected chi connectivity index (χ4v) is 1.44. The van der Waals surface area contributed by atoms with Gasteiger partial charge in [0.25, 0.3) is 0 Å². The molecule has 13 heavy (non-hydrogen) atoms. The van der Waals surface area contributed by atoms with Gasteiger partial charge in [0.05, 0.1) is 6.04 Å². The van der Waals surface area contributed by atoms with Crippen molar-refractivity contribution in [3.8, 4) is 0 Å². The first-order valence-corrected chi connectivity index (χ1v) is 4.43. The lowest BCUT2D eigenvalue weighted by molar-refractivity contribution is 0.206. The van der Waals surface area contributed by atoms with Gasteiger partial charge in [-0.05, 0) is 11.8 Å². The number of carbonyl (C=O) groups excluding carboxylic acids is 1. The van der Waals surface area contributed by atoms with Crippen LogP contribution in [0.3, 0.4) is 0 Å². The molecular formula is C9H17N3O. The first-order chi connectivity index (χ1) is 5.81. The highest BCUT2D eigenvalue weighted by Gasteiger charge is 2.35. The van der Waals surface area contributed by atoms with Crippen LogP contribution >= 0.6 is 0 Å². The number of rotatable bonds is 1. The molecule has 0 spiro atoms. The fraction of sp³-hybridized carbons (Fsp3) is 0.778. The standard InChI is InChI=1S/C9H17N3O/c1-9(2,3)5-6-7(10)11-8(13)12(6)4/h6H,5H2,1-4H3,(H2,10,11,13). The maximum absolute atomic E-state index is 11.2. The highest BCUT2D eigenvalue weighted by Crippen LogP contribution is 2.25. The molecule has 0 aliphatic carbocycles. The molecule has 1 rings (SSSR count). The lowest BCUT2D eigenvalue weighted by Crippen LogP contribution is -2.34. The van der Waals surface area contributed by atoms with E-state index in [0.717, 1.165) is 6.42 Å². The van der Waals surface area contributed by atoms with Crippen molar-refractivity contribution in [1.82, 2.24) is 10.2 Å². The van der Waals surface area contributed by atoms with Crippen LogP contribution in [0.25, 0.3) is 0 Å². The molecule has 1 saturated heterocycles. The van der Waals surface area contributed by atoms with Gasteiger partial charge < -0.3 is 4.90 Å². The third-order valence-corrected chi connectivity index (χ3v) is 2.17. The Bertz CT molecular complexity index is 242. The van der Waals surface area contributed by atoms with E-state index in [4.69, 9.17) is 5.41 Å². The zero-order valence-corrected chi connectivity index (χ0v) is 8.64. The molecule has 0 aromatic heterocycles. The summed E-state index contributed by atoms with van der Waals surface area (Å²) in [7, 11) is 1.73. The quantitative estimate of drug-likeness (QED) is 0.634. The third-order valence-electron chi connectivity index (χ3n) is 2.17. The van der Waals surface area contributed by atoms with Gasteiger partial charge in [-0.15, -0.1) is 0 Å². The molecule has 4 heteroatoms. The van der Waals surface area contributed by atoms with Gasteiger partial charge >= 0.3 is 6.03 Å². The highest BCUT2D eigenvalue weighted by atomic mass is 16.2. The van der Waals surface area contributed by atoms with E-state index in [2.05, 4.69) is 26.1 Å². The molecule has 0 aromatic rings. The maximum Gasteiger partial charge on any atom is 0.323 e. The van der Waals surface area contributed by atoms with Crippen LogP contribution in [0.15, 0.2) is 0 Å². The largest absolute Gasteiger partial charge is 0.323 e. The second-order valence-electron chi connectivity index (χ2n) is 4.74. The van der Waals surface area contributed by atoms with Crippen LogP contribution in [0, 0.1) is 10.8 Å². The van der Waals surface area contributed by atoms with Crippen molar-refractivity contribution >= 4 is 11.9 Å². The molecule has 1 atom stereocenters. The third kappa shape index (κ3) is 2.20. The van der Waals surface area contributed by atoms with Gasteiger partial charge in [-0.1, -0.05) is 20.8 Å². The fourth-order valence-electron chi connectivity index (χ4n) is 1.44. The highest BCUT2D eigenvalue weighted by molar-refractivity contribution is 6.05. The van der Waals surface area contributed by atoms with Crippen molar-refractivity contribution in [3.05, 3.63) is 0 Å². The van der Waals surface area contributed by atoms with Crippen molar-refractivity contribution < 1.29 is 4.79 Å². The molecule has 2 N–H and O–H groups in total. The first-order valence-electron chi connectivity index (χ1n) is 4.43. The van der Waals surface area contributed by atoms with Crippen molar-refractivity contribution in [2.75, 3.05) is 7.05 Å². The predicted molar refractivity (Wildman–Crippen MR) is 51.9 cm³/mol. The number of hydrogen-bond donors (Lipinski definition) is 2. The normalized spacial score (nSPS) is 23.7. The van der Waals surface area contributed by atoms with Gasteiger partial charge in [-0.3, -0.25) is 10.7 Å². The number of amides is 2. The summed E-state index contributed by atoms with van der Waals surface area (Å²) < 4.78 is 0. The summed E-state index contributed by atoms with van der Waals surface area (Å²) in [5.41, 5.74) is 0.136. The Hall–Kier alpha value is -1.06. The van der Waals surface area contributed by atoms with E-state index in [1.165, 1.54) is 0 Å². The van der Waals surface area contributed by atoms with Crippen LogP contribution in [-0.4, -0.2) is 29.9 Å². The first kappa shape index (κ1) is 10.0. The molecule has 0 aromatic carbocycles. The topological polar surface area (TPSA) is 56.2 Å². The van der Waals surface area contributed by atoms with Crippen molar-refractivity contribution in [2.45, 2.75) is 33.2 Å². The molecule has 1 aliphatic heterocycles. The Morgan fingerprint density at radius 1 is 1.54 bits per heavy atom. The molecule has 74 valence electrons. The molecule has 0 radical (unpaired) electrons. The summed E-state index contributed by atoms with van der Waals surface area (Å²) in [6.07, 6.45) is 0.821. The Morgan fingerprint density at radius 2 is 2.08 bits per heavy atom. The van der Waals surface area contributed by atoms with Gasteiger partial charge in [0.2, 0.25) is 0 Å². The van der Waals surface area contributed by atoms with Crippen molar-refractivity contribution in [2.24, 2.45) is 5.41 Å². The summed E-state index contributed by atoms with van der Waals surface area (Å²) >= 11 is 0. The summed E-state index contributed by atoms with van der Waals surface area (Å²) in [6.45, 7) is 6.32. The number of nitrogens with zero attached hydrogens (tertiary/aromatic N) is 1. The molecule has 1 fully saturated rings. The van der Waals surface area contributed by atoms with E-state index in [1.807, 2.05) is 0 Å². The maximum atomic E-state index is 11.2. The van der Waals surface area contributed by atoms with Crippen LogP contribution in [0.1, 0.15) is 27.2 Å². The van der Waals surface area contributed by atoms with Crippen LogP contribution in [0.5, 0.6) is 0 Å². The van der Waals surface area contributed by atoms with Crippen molar-refractivity contribution in [3.63, 3.8) is 0 Å².